The summed E-state index contributed by atoms with van der Waals surface area (Å²) in [4.78, 5) is 16.8. The highest BCUT2D eigenvalue weighted by atomic mass is 79.9. The van der Waals surface area contributed by atoms with Gasteiger partial charge in [-0.2, -0.15) is 18.3 Å². The molecule has 29 heavy (non-hydrogen) atoms. The molecule has 3 aromatic heterocycles. The van der Waals surface area contributed by atoms with Crippen LogP contribution < -0.4 is 5.32 Å². The van der Waals surface area contributed by atoms with E-state index in [0.717, 1.165) is 12.1 Å². The van der Waals surface area contributed by atoms with Crippen molar-refractivity contribution in [3.05, 3.63) is 63.8 Å². The molecule has 4 aromatic rings. The van der Waals surface area contributed by atoms with Crippen LogP contribution in [0.5, 0.6) is 0 Å². The lowest BCUT2D eigenvalue weighted by Gasteiger charge is -2.09. The highest BCUT2D eigenvalue weighted by Gasteiger charge is 2.31. The number of halogens is 4. The molecule has 0 spiro atoms. The lowest BCUT2D eigenvalue weighted by molar-refractivity contribution is -0.137. The summed E-state index contributed by atoms with van der Waals surface area (Å²) in [6.45, 7) is 1.91. The van der Waals surface area contributed by atoms with Crippen molar-refractivity contribution in [2.45, 2.75) is 19.6 Å². The van der Waals surface area contributed by atoms with Gasteiger partial charge in [-0.3, -0.25) is 15.2 Å². The van der Waals surface area contributed by atoms with Gasteiger partial charge in [0.2, 0.25) is 5.95 Å². The van der Waals surface area contributed by atoms with E-state index in [4.69, 9.17) is 4.42 Å². The molecule has 0 aliphatic heterocycles. The van der Waals surface area contributed by atoms with E-state index >= 15 is 0 Å². The Balaban J connectivity index is 1.78. The van der Waals surface area contributed by atoms with E-state index in [9.17, 15) is 18.0 Å². The number of nitrogens with zero attached hydrogens (tertiary/aromatic N) is 3. The van der Waals surface area contributed by atoms with Crippen molar-refractivity contribution in [3.8, 4) is 0 Å². The number of hydrogen-bond donors (Lipinski definition) is 2. The zero-order valence-electron chi connectivity index (χ0n) is 14.8. The second-order valence-corrected chi connectivity index (χ2v) is 7.06. The van der Waals surface area contributed by atoms with Gasteiger partial charge < -0.3 is 8.98 Å². The molecule has 7 nitrogen and oxygen atoms in total. The zero-order valence-corrected chi connectivity index (χ0v) is 16.4. The van der Waals surface area contributed by atoms with Crippen molar-refractivity contribution in [2.75, 3.05) is 5.32 Å². The molecule has 0 unspecified atom stereocenters. The third-order valence-electron chi connectivity index (χ3n) is 4.28. The van der Waals surface area contributed by atoms with E-state index < -0.39 is 17.6 Å². The number of hydrogen-bond acceptors (Lipinski definition) is 4. The predicted molar refractivity (Wildman–Crippen MR) is 102 cm³/mol. The van der Waals surface area contributed by atoms with Gasteiger partial charge in [0.25, 0.3) is 5.91 Å². The van der Waals surface area contributed by atoms with Gasteiger partial charge in [-0.1, -0.05) is 0 Å². The van der Waals surface area contributed by atoms with Crippen molar-refractivity contribution in [3.63, 3.8) is 0 Å². The van der Waals surface area contributed by atoms with Gasteiger partial charge in [-0.25, -0.2) is 4.98 Å². The Morgan fingerprint density at radius 3 is 2.76 bits per heavy atom. The van der Waals surface area contributed by atoms with E-state index in [1.54, 1.807) is 23.6 Å². The molecule has 4 rings (SSSR count). The molecule has 150 valence electrons. The Labute approximate surface area is 170 Å². The first kappa shape index (κ1) is 19.2. The van der Waals surface area contributed by atoms with Gasteiger partial charge in [-0.15, -0.1) is 0 Å². The van der Waals surface area contributed by atoms with E-state index in [1.165, 1.54) is 12.3 Å². The summed E-state index contributed by atoms with van der Waals surface area (Å²) < 4.78 is 46.6. The Morgan fingerprint density at radius 2 is 2.14 bits per heavy atom. The van der Waals surface area contributed by atoms with Crippen molar-refractivity contribution >= 4 is 38.8 Å². The lowest BCUT2D eigenvalue weighted by Crippen LogP contribution is -2.17. The average molecular weight is 468 g/mol. The summed E-state index contributed by atoms with van der Waals surface area (Å²) >= 11 is 3.28. The standard InChI is InChI=1S/C18H13BrF3N5O2/c1-9-14(19)15(26-25-9)16(28)24-17-23-12-7-10(18(20,21)22)4-5-13(12)27(17)8-11-3-2-6-29-11/h2-7H,8H2,1H3,(H,25,26)(H,23,24,28). The molecule has 0 saturated carbocycles. The fourth-order valence-corrected chi connectivity index (χ4v) is 3.20. The molecule has 0 fully saturated rings. The molecule has 0 bridgehead atoms. The van der Waals surface area contributed by atoms with Gasteiger partial charge >= 0.3 is 6.18 Å². The summed E-state index contributed by atoms with van der Waals surface area (Å²) in [6, 6.07) is 6.64. The van der Waals surface area contributed by atoms with Crippen molar-refractivity contribution in [2.24, 2.45) is 0 Å². The monoisotopic (exact) mass is 467 g/mol. The van der Waals surface area contributed by atoms with Crippen LogP contribution in [-0.4, -0.2) is 25.7 Å². The normalized spacial score (nSPS) is 11.9. The minimum absolute atomic E-state index is 0.0771. The maximum absolute atomic E-state index is 13.1. The number of aromatic amines is 1. The molecule has 0 atom stereocenters. The van der Waals surface area contributed by atoms with Crippen LogP contribution in [0.3, 0.4) is 0 Å². The number of fused-ring (bicyclic) bond motifs is 1. The maximum Gasteiger partial charge on any atom is 0.416 e. The van der Waals surface area contributed by atoms with Crippen LogP contribution in [0.1, 0.15) is 27.5 Å². The van der Waals surface area contributed by atoms with Gasteiger partial charge in [0, 0.05) is 5.69 Å². The fraction of sp³-hybridized carbons (Fsp3) is 0.167. The zero-order chi connectivity index (χ0) is 20.8. The molecule has 1 amide bonds. The Morgan fingerprint density at radius 1 is 1.34 bits per heavy atom. The van der Waals surface area contributed by atoms with Gasteiger partial charge in [-0.05, 0) is 53.2 Å². The number of furan rings is 1. The summed E-state index contributed by atoms with van der Waals surface area (Å²) in [7, 11) is 0. The summed E-state index contributed by atoms with van der Waals surface area (Å²) in [5.74, 6) is 0.0676. The van der Waals surface area contributed by atoms with Crippen molar-refractivity contribution < 1.29 is 22.4 Å². The number of carbonyl (C=O) groups excluding carboxylic acids is 1. The smallest absolute Gasteiger partial charge is 0.416 e. The number of imidazole rings is 1. The van der Waals surface area contributed by atoms with Crippen molar-refractivity contribution in [1.82, 2.24) is 19.7 Å². The first-order valence-electron chi connectivity index (χ1n) is 8.35. The Bertz CT molecular complexity index is 1190. The predicted octanol–water partition coefficient (Wildman–Crippen LogP) is 4.74. The van der Waals surface area contributed by atoms with Gasteiger partial charge in [0.1, 0.15) is 5.76 Å². The molecule has 3 heterocycles. The Kier molecular flexibility index (Phi) is 4.69. The number of amides is 1. The van der Waals surface area contributed by atoms with Crippen LogP contribution in [0, 0.1) is 6.92 Å². The summed E-state index contributed by atoms with van der Waals surface area (Å²) in [5, 5.41) is 9.23. The molecule has 0 aliphatic rings. The topological polar surface area (TPSA) is 88.7 Å². The van der Waals surface area contributed by atoms with E-state index in [-0.39, 0.29) is 23.7 Å². The molecular weight excluding hydrogens is 455 g/mol. The minimum atomic E-state index is -4.50. The summed E-state index contributed by atoms with van der Waals surface area (Å²) in [5.41, 5.74) is 0.460. The van der Waals surface area contributed by atoms with Gasteiger partial charge in [0.05, 0.1) is 33.9 Å². The van der Waals surface area contributed by atoms with Crippen LogP contribution in [0.25, 0.3) is 11.0 Å². The Hall–Kier alpha value is -3.08. The molecule has 0 saturated heterocycles. The highest BCUT2D eigenvalue weighted by Crippen LogP contribution is 2.32. The molecule has 1 aromatic carbocycles. The fourth-order valence-electron chi connectivity index (χ4n) is 2.85. The SMILES string of the molecule is Cc1[nH]nc(C(=O)Nc2nc3cc(C(F)(F)F)ccc3n2Cc2ccco2)c1Br. The van der Waals surface area contributed by atoms with E-state index in [1.807, 2.05) is 0 Å². The maximum atomic E-state index is 13.1. The third kappa shape index (κ3) is 3.65. The quantitative estimate of drug-likeness (QED) is 0.453. The second kappa shape index (κ2) is 7.07. The van der Waals surface area contributed by atoms with Crippen LogP contribution >= 0.6 is 15.9 Å². The number of H-pyrrole nitrogens is 1. The number of alkyl halides is 3. The molecule has 11 heteroatoms. The number of nitrogens with one attached hydrogen (secondary N) is 2. The highest BCUT2D eigenvalue weighted by molar-refractivity contribution is 9.10. The van der Waals surface area contributed by atoms with Crippen LogP contribution in [0.15, 0.2) is 45.5 Å². The first-order valence-corrected chi connectivity index (χ1v) is 9.15. The molecular formula is C18H13BrF3N5O2. The molecule has 0 radical (unpaired) electrons. The van der Waals surface area contributed by atoms with Crippen LogP contribution in [0.4, 0.5) is 19.1 Å². The second-order valence-electron chi connectivity index (χ2n) is 6.27. The van der Waals surface area contributed by atoms with Crippen LogP contribution in [0.2, 0.25) is 0 Å². The number of carbonyl (C=O) groups is 1. The number of aryl methyl sites for hydroxylation is 1. The lowest BCUT2D eigenvalue weighted by atomic mass is 10.2. The summed E-state index contributed by atoms with van der Waals surface area (Å²) in [6.07, 6.45) is -3.02. The number of aromatic nitrogens is 4. The minimum Gasteiger partial charge on any atom is -0.467 e. The first-order chi connectivity index (χ1) is 13.7. The van der Waals surface area contributed by atoms with E-state index in [2.05, 4.69) is 36.4 Å². The van der Waals surface area contributed by atoms with E-state index in [0.29, 0.717) is 21.4 Å². The number of benzene rings is 1. The number of anilines is 1. The third-order valence-corrected chi connectivity index (χ3v) is 5.25. The molecule has 0 aliphatic carbocycles. The van der Waals surface area contributed by atoms with Crippen LogP contribution in [-0.2, 0) is 12.7 Å². The van der Waals surface area contributed by atoms with Crippen molar-refractivity contribution in [1.29, 1.82) is 0 Å². The average Bonchev–Trinajstić information content (AvgIpc) is 3.36. The van der Waals surface area contributed by atoms with Gasteiger partial charge in [0.15, 0.2) is 5.69 Å². The number of rotatable bonds is 4. The largest absolute Gasteiger partial charge is 0.467 e. The molecule has 2 N–H and O–H groups in total.